The van der Waals surface area contributed by atoms with Gasteiger partial charge in [0.1, 0.15) is 0 Å². The minimum Gasteiger partial charge on any atom is -0.213 e. The molecule has 0 saturated carbocycles. The molecule has 0 aliphatic carbocycles. The van der Waals surface area contributed by atoms with E-state index in [1.54, 1.807) is 0 Å². The van der Waals surface area contributed by atoms with Gasteiger partial charge >= 0.3 is 6.18 Å². The lowest BCUT2D eigenvalue weighted by molar-refractivity contribution is -0.221. The summed E-state index contributed by atoms with van der Waals surface area (Å²) in [6, 6.07) is 0. The third-order valence-electron chi connectivity index (χ3n) is 3.20. The summed E-state index contributed by atoms with van der Waals surface area (Å²) in [5.41, 5.74) is -1.76. The molecule has 0 aromatic heterocycles. The van der Waals surface area contributed by atoms with Gasteiger partial charge in [-0.15, -0.1) is 0 Å². The highest BCUT2D eigenvalue weighted by Crippen LogP contribution is 2.45. The SMILES string of the molecule is CC1(C(F)(F)F)CCCN(S(C)(=O)=O)CC1. The highest BCUT2D eigenvalue weighted by atomic mass is 32.2. The first-order valence-corrected chi connectivity index (χ1v) is 6.93. The van der Waals surface area contributed by atoms with Crippen LogP contribution in [-0.2, 0) is 10.0 Å². The van der Waals surface area contributed by atoms with E-state index in [0.29, 0.717) is 0 Å². The van der Waals surface area contributed by atoms with Crippen molar-refractivity contribution in [2.45, 2.75) is 32.4 Å². The van der Waals surface area contributed by atoms with Crippen LogP contribution < -0.4 is 0 Å². The second-order valence-electron chi connectivity index (χ2n) is 4.57. The Morgan fingerprint density at radius 1 is 1.19 bits per heavy atom. The van der Waals surface area contributed by atoms with Gasteiger partial charge in [-0.05, 0) is 19.3 Å². The quantitative estimate of drug-likeness (QED) is 0.722. The van der Waals surface area contributed by atoms with Crippen molar-refractivity contribution in [1.29, 1.82) is 0 Å². The second kappa shape index (κ2) is 4.18. The first-order valence-electron chi connectivity index (χ1n) is 5.08. The van der Waals surface area contributed by atoms with Crippen LogP contribution in [0.5, 0.6) is 0 Å². The number of halogens is 3. The van der Waals surface area contributed by atoms with Gasteiger partial charge in [0.2, 0.25) is 10.0 Å². The molecule has 0 aromatic carbocycles. The molecule has 0 amide bonds. The highest BCUT2D eigenvalue weighted by molar-refractivity contribution is 7.88. The molecule has 0 N–H and O–H groups in total. The Morgan fingerprint density at radius 2 is 1.75 bits per heavy atom. The number of hydrogen-bond donors (Lipinski definition) is 0. The first-order chi connectivity index (χ1) is 7.06. The monoisotopic (exact) mass is 259 g/mol. The van der Waals surface area contributed by atoms with Crippen molar-refractivity contribution in [2.75, 3.05) is 19.3 Å². The molecule has 1 rings (SSSR count). The van der Waals surface area contributed by atoms with Crippen LogP contribution in [0.1, 0.15) is 26.2 Å². The summed E-state index contributed by atoms with van der Waals surface area (Å²) < 4.78 is 61.9. The third kappa shape index (κ3) is 2.88. The number of nitrogens with zero attached hydrogens (tertiary/aromatic N) is 1. The molecule has 0 spiro atoms. The van der Waals surface area contributed by atoms with Crippen LogP contribution >= 0.6 is 0 Å². The average molecular weight is 259 g/mol. The zero-order chi connectivity index (χ0) is 12.6. The Labute approximate surface area is 93.7 Å². The highest BCUT2D eigenvalue weighted by Gasteiger charge is 2.51. The van der Waals surface area contributed by atoms with Gasteiger partial charge < -0.3 is 0 Å². The lowest BCUT2D eigenvalue weighted by Crippen LogP contribution is -2.37. The molecule has 1 unspecified atom stereocenters. The van der Waals surface area contributed by atoms with Crippen molar-refractivity contribution in [1.82, 2.24) is 4.31 Å². The zero-order valence-corrected chi connectivity index (χ0v) is 10.2. The van der Waals surface area contributed by atoms with Gasteiger partial charge in [-0.25, -0.2) is 12.7 Å². The topological polar surface area (TPSA) is 37.4 Å². The fourth-order valence-corrected chi connectivity index (χ4v) is 2.75. The summed E-state index contributed by atoms with van der Waals surface area (Å²) in [5, 5.41) is 0. The van der Waals surface area contributed by atoms with Crippen LogP contribution in [-0.4, -0.2) is 38.2 Å². The maximum Gasteiger partial charge on any atom is 0.394 e. The molecule has 1 aliphatic rings. The molecule has 16 heavy (non-hydrogen) atoms. The molecule has 7 heteroatoms. The van der Waals surface area contributed by atoms with E-state index in [4.69, 9.17) is 0 Å². The number of alkyl halides is 3. The van der Waals surface area contributed by atoms with E-state index in [-0.39, 0.29) is 32.4 Å². The molecule has 1 heterocycles. The molecular weight excluding hydrogens is 243 g/mol. The van der Waals surface area contributed by atoms with Crippen LogP contribution in [0.25, 0.3) is 0 Å². The van der Waals surface area contributed by atoms with Crippen LogP contribution in [0.2, 0.25) is 0 Å². The van der Waals surface area contributed by atoms with Gasteiger partial charge in [-0.3, -0.25) is 0 Å². The number of rotatable bonds is 1. The van der Waals surface area contributed by atoms with Gasteiger partial charge in [0, 0.05) is 13.1 Å². The van der Waals surface area contributed by atoms with Crippen molar-refractivity contribution in [2.24, 2.45) is 5.41 Å². The Bertz CT molecular complexity index is 352. The van der Waals surface area contributed by atoms with Gasteiger partial charge in [0.05, 0.1) is 11.7 Å². The Morgan fingerprint density at radius 3 is 2.19 bits per heavy atom. The summed E-state index contributed by atoms with van der Waals surface area (Å²) >= 11 is 0. The summed E-state index contributed by atoms with van der Waals surface area (Å²) in [7, 11) is -3.38. The lowest BCUT2D eigenvalue weighted by atomic mass is 9.82. The molecule has 0 radical (unpaired) electrons. The fraction of sp³-hybridized carbons (Fsp3) is 1.00. The zero-order valence-electron chi connectivity index (χ0n) is 9.34. The molecule has 1 fully saturated rings. The van der Waals surface area contributed by atoms with E-state index >= 15 is 0 Å². The Kier molecular flexibility index (Phi) is 3.59. The summed E-state index contributed by atoms with van der Waals surface area (Å²) in [4.78, 5) is 0. The van der Waals surface area contributed by atoms with Crippen LogP contribution in [0.15, 0.2) is 0 Å². The van der Waals surface area contributed by atoms with Crippen molar-refractivity contribution >= 4 is 10.0 Å². The predicted molar refractivity (Wildman–Crippen MR) is 54.4 cm³/mol. The van der Waals surface area contributed by atoms with E-state index in [1.165, 1.54) is 6.92 Å². The summed E-state index contributed by atoms with van der Waals surface area (Å²) in [5.74, 6) is 0. The van der Waals surface area contributed by atoms with Crippen molar-refractivity contribution < 1.29 is 21.6 Å². The maximum absolute atomic E-state index is 12.8. The lowest BCUT2D eigenvalue weighted by Gasteiger charge is -2.30. The van der Waals surface area contributed by atoms with E-state index in [9.17, 15) is 21.6 Å². The van der Waals surface area contributed by atoms with Crippen LogP contribution in [0.3, 0.4) is 0 Å². The Hall–Kier alpha value is -0.300. The van der Waals surface area contributed by atoms with E-state index in [1.807, 2.05) is 0 Å². The third-order valence-corrected chi connectivity index (χ3v) is 4.51. The van der Waals surface area contributed by atoms with E-state index in [2.05, 4.69) is 0 Å². The maximum atomic E-state index is 12.8. The molecule has 1 aliphatic heterocycles. The fourth-order valence-electron chi connectivity index (χ4n) is 1.87. The van der Waals surface area contributed by atoms with Crippen LogP contribution in [0, 0.1) is 5.41 Å². The minimum absolute atomic E-state index is 0.0114. The van der Waals surface area contributed by atoms with E-state index < -0.39 is 21.6 Å². The molecule has 96 valence electrons. The average Bonchev–Trinajstić information content (AvgIpc) is 2.25. The first kappa shape index (κ1) is 13.8. The van der Waals surface area contributed by atoms with Crippen molar-refractivity contribution in [3.05, 3.63) is 0 Å². The normalized spacial score (nSPS) is 30.1. The number of sulfonamides is 1. The molecule has 1 atom stereocenters. The van der Waals surface area contributed by atoms with Gasteiger partial charge in [0.15, 0.2) is 0 Å². The van der Waals surface area contributed by atoms with Crippen LogP contribution in [0.4, 0.5) is 13.2 Å². The molecule has 0 bridgehead atoms. The molecular formula is C9H16F3NO2S. The smallest absolute Gasteiger partial charge is 0.213 e. The van der Waals surface area contributed by atoms with Crippen molar-refractivity contribution in [3.8, 4) is 0 Å². The van der Waals surface area contributed by atoms with Gasteiger partial charge in [-0.1, -0.05) is 6.92 Å². The molecule has 1 saturated heterocycles. The number of hydrogen-bond acceptors (Lipinski definition) is 2. The summed E-state index contributed by atoms with van der Waals surface area (Å²) in [6.07, 6.45) is -3.15. The minimum atomic E-state index is -4.26. The van der Waals surface area contributed by atoms with E-state index in [0.717, 1.165) is 10.6 Å². The summed E-state index contributed by atoms with van der Waals surface area (Å²) in [6.45, 7) is 1.30. The van der Waals surface area contributed by atoms with Gasteiger partial charge in [0.25, 0.3) is 0 Å². The van der Waals surface area contributed by atoms with Gasteiger partial charge in [-0.2, -0.15) is 13.2 Å². The molecule has 3 nitrogen and oxygen atoms in total. The predicted octanol–water partition coefficient (Wildman–Crippen LogP) is 2.00. The van der Waals surface area contributed by atoms with Crippen molar-refractivity contribution in [3.63, 3.8) is 0 Å². The Balaban J connectivity index is 2.81. The molecule has 0 aromatic rings. The standard InChI is InChI=1S/C9H16F3NO2S/c1-8(9(10,11)12)4-3-6-13(7-5-8)16(2,14)15/h3-7H2,1-2H3. The largest absolute Gasteiger partial charge is 0.394 e. The second-order valence-corrected chi connectivity index (χ2v) is 6.56.